The molecule has 5 nitrogen and oxygen atoms in total. The molecule has 0 fully saturated rings. The fourth-order valence-corrected chi connectivity index (χ4v) is 4.13. The van der Waals surface area contributed by atoms with E-state index >= 15 is 0 Å². The molecule has 0 bridgehead atoms. The van der Waals surface area contributed by atoms with Crippen molar-refractivity contribution in [3.05, 3.63) is 90.0 Å². The lowest BCUT2D eigenvalue weighted by atomic mass is 9.91. The van der Waals surface area contributed by atoms with Gasteiger partial charge in [0.25, 0.3) is 0 Å². The van der Waals surface area contributed by atoms with Crippen molar-refractivity contribution in [2.24, 2.45) is 0 Å². The third kappa shape index (κ3) is 3.32. The van der Waals surface area contributed by atoms with E-state index in [1.165, 1.54) is 11.1 Å². The van der Waals surface area contributed by atoms with Gasteiger partial charge >= 0.3 is 6.01 Å². The van der Waals surface area contributed by atoms with E-state index in [1.807, 2.05) is 37.3 Å². The Bertz CT molecular complexity index is 1140. The molecular formula is C25H23N3O2. The van der Waals surface area contributed by atoms with Crippen LogP contribution >= 0.6 is 0 Å². The molecule has 5 rings (SSSR count). The zero-order valence-electron chi connectivity index (χ0n) is 16.9. The summed E-state index contributed by atoms with van der Waals surface area (Å²) in [4.78, 5) is 6.96. The first kappa shape index (κ1) is 18.4. The average Bonchev–Trinajstić information content (AvgIpc) is 3.29. The van der Waals surface area contributed by atoms with Gasteiger partial charge in [-0.05, 0) is 49.1 Å². The van der Waals surface area contributed by atoms with Crippen LogP contribution in [0.25, 0.3) is 11.4 Å². The van der Waals surface area contributed by atoms with Crippen LogP contribution in [0.15, 0.2) is 83.4 Å². The second kappa shape index (κ2) is 8.03. The Labute approximate surface area is 175 Å². The highest BCUT2D eigenvalue weighted by Crippen LogP contribution is 2.43. The lowest BCUT2D eigenvalue weighted by molar-refractivity contribution is 0.341. The smallest absolute Gasteiger partial charge is 0.329 e. The zero-order valence-corrected chi connectivity index (χ0v) is 16.9. The summed E-state index contributed by atoms with van der Waals surface area (Å²) in [7, 11) is 0. The number of aromatic nitrogens is 2. The summed E-state index contributed by atoms with van der Waals surface area (Å²) < 4.78 is 11.6. The Kier molecular flexibility index (Phi) is 4.93. The van der Waals surface area contributed by atoms with Crippen LogP contribution in [0.5, 0.6) is 5.75 Å². The molecule has 0 saturated heterocycles. The van der Waals surface area contributed by atoms with Crippen LogP contribution in [0, 0.1) is 0 Å². The fraction of sp³-hybridized carbons (Fsp3) is 0.200. The number of para-hydroxylation sites is 2. The van der Waals surface area contributed by atoms with Gasteiger partial charge in [-0.2, -0.15) is 4.98 Å². The van der Waals surface area contributed by atoms with Crippen LogP contribution < -0.4 is 9.64 Å². The largest absolute Gasteiger partial charge is 0.493 e. The molecule has 30 heavy (non-hydrogen) atoms. The minimum Gasteiger partial charge on any atom is -0.493 e. The molecule has 0 saturated carbocycles. The Morgan fingerprint density at radius 2 is 1.73 bits per heavy atom. The highest BCUT2D eigenvalue weighted by molar-refractivity contribution is 5.68. The highest BCUT2D eigenvalue weighted by Gasteiger charge is 2.32. The van der Waals surface area contributed by atoms with Crippen molar-refractivity contribution < 1.29 is 9.26 Å². The standard InChI is InChI=1S/C25H23N3O2/c1-2-29-23-15-9-7-13-20(23)24-26-25(30-27-24)28-21-14-8-6-12-19(21)16-17-22(28)18-10-4-3-5-11-18/h3-15,22H,2,16-17H2,1H3. The van der Waals surface area contributed by atoms with Crippen LogP contribution in [0.3, 0.4) is 0 Å². The molecule has 3 aromatic carbocycles. The predicted octanol–water partition coefficient (Wildman–Crippen LogP) is 5.96. The Hall–Kier alpha value is -3.60. The van der Waals surface area contributed by atoms with Gasteiger partial charge in [-0.1, -0.05) is 65.8 Å². The molecule has 2 heterocycles. The lowest BCUT2D eigenvalue weighted by Gasteiger charge is -2.36. The number of ether oxygens (including phenoxy) is 1. The highest BCUT2D eigenvalue weighted by atomic mass is 16.5. The number of nitrogens with zero attached hydrogens (tertiary/aromatic N) is 3. The van der Waals surface area contributed by atoms with Crippen molar-refractivity contribution in [1.29, 1.82) is 0 Å². The first-order chi connectivity index (χ1) is 14.8. The van der Waals surface area contributed by atoms with E-state index in [0.717, 1.165) is 29.8 Å². The topological polar surface area (TPSA) is 51.4 Å². The number of anilines is 2. The van der Waals surface area contributed by atoms with E-state index in [1.54, 1.807) is 0 Å². The maximum Gasteiger partial charge on any atom is 0.329 e. The molecule has 0 amide bonds. The SMILES string of the molecule is CCOc1ccccc1-c1noc(N2c3ccccc3CCC2c2ccccc2)n1. The molecule has 0 N–H and O–H groups in total. The Morgan fingerprint density at radius 3 is 2.60 bits per heavy atom. The number of hydrogen-bond donors (Lipinski definition) is 0. The molecule has 0 aliphatic carbocycles. The van der Waals surface area contributed by atoms with Crippen molar-refractivity contribution in [2.75, 3.05) is 11.5 Å². The third-order valence-electron chi connectivity index (χ3n) is 5.48. The fourth-order valence-electron chi connectivity index (χ4n) is 4.13. The molecule has 1 aliphatic rings. The molecule has 1 aliphatic heterocycles. The van der Waals surface area contributed by atoms with Crippen LogP contribution in [0.1, 0.15) is 30.5 Å². The second-order valence-electron chi connectivity index (χ2n) is 7.29. The maximum absolute atomic E-state index is 5.81. The van der Waals surface area contributed by atoms with Gasteiger partial charge in [-0.15, -0.1) is 0 Å². The van der Waals surface area contributed by atoms with Gasteiger partial charge in [-0.25, -0.2) is 0 Å². The Morgan fingerprint density at radius 1 is 0.967 bits per heavy atom. The van der Waals surface area contributed by atoms with Gasteiger partial charge < -0.3 is 9.26 Å². The van der Waals surface area contributed by atoms with E-state index < -0.39 is 0 Å². The first-order valence-electron chi connectivity index (χ1n) is 10.3. The summed E-state index contributed by atoms with van der Waals surface area (Å²) in [6.07, 6.45) is 1.99. The monoisotopic (exact) mass is 397 g/mol. The quantitative estimate of drug-likeness (QED) is 0.416. The third-order valence-corrected chi connectivity index (χ3v) is 5.48. The molecule has 1 unspecified atom stereocenters. The molecule has 150 valence electrons. The van der Waals surface area contributed by atoms with Crippen LogP contribution in [0.2, 0.25) is 0 Å². The predicted molar refractivity (Wildman–Crippen MR) is 117 cm³/mol. The number of aryl methyl sites for hydroxylation is 1. The number of hydrogen-bond acceptors (Lipinski definition) is 5. The number of fused-ring (bicyclic) bond motifs is 1. The first-order valence-corrected chi connectivity index (χ1v) is 10.3. The Balaban J connectivity index is 1.59. The van der Waals surface area contributed by atoms with E-state index in [2.05, 4.69) is 58.6 Å². The molecular weight excluding hydrogens is 374 g/mol. The van der Waals surface area contributed by atoms with Crippen molar-refractivity contribution in [3.63, 3.8) is 0 Å². The van der Waals surface area contributed by atoms with E-state index in [4.69, 9.17) is 14.2 Å². The second-order valence-corrected chi connectivity index (χ2v) is 7.29. The summed E-state index contributed by atoms with van der Waals surface area (Å²) >= 11 is 0. The van der Waals surface area contributed by atoms with Crippen molar-refractivity contribution in [1.82, 2.24) is 10.1 Å². The summed E-state index contributed by atoms with van der Waals surface area (Å²) in [5.74, 6) is 1.29. The molecule has 4 aromatic rings. The van der Waals surface area contributed by atoms with Gasteiger partial charge in [0, 0.05) is 5.69 Å². The van der Waals surface area contributed by atoms with Crippen LogP contribution in [-0.4, -0.2) is 16.7 Å². The molecule has 0 spiro atoms. The van der Waals surface area contributed by atoms with Crippen molar-refractivity contribution in [3.8, 4) is 17.1 Å². The normalized spacial score (nSPS) is 15.6. The van der Waals surface area contributed by atoms with Crippen molar-refractivity contribution in [2.45, 2.75) is 25.8 Å². The number of rotatable bonds is 5. The van der Waals surface area contributed by atoms with Gasteiger partial charge in [0.1, 0.15) is 5.75 Å². The minimum absolute atomic E-state index is 0.136. The van der Waals surface area contributed by atoms with Crippen LogP contribution in [0.4, 0.5) is 11.7 Å². The van der Waals surface area contributed by atoms with E-state index in [0.29, 0.717) is 18.4 Å². The molecule has 0 radical (unpaired) electrons. The van der Waals surface area contributed by atoms with Gasteiger partial charge in [0.05, 0.1) is 18.2 Å². The summed E-state index contributed by atoms with van der Waals surface area (Å²) in [6.45, 7) is 2.55. The van der Waals surface area contributed by atoms with Gasteiger partial charge in [0.2, 0.25) is 5.82 Å². The summed E-state index contributed by atoms with van der Waals surface area (Å²) in [5.41, 5.74) is 4.47. The van der Waals surface area contributed by atoms with E-state index in [-0.39, 0.29) is 6.04 Å². The van der Waals surface area contributed by atoms with Crippen molar-refractivity contribution >= 4 is 11.7 Å². The summed E-state index contributed by atoms with van der Waals surface area (Å²) in [6, 6.07) is 27.4. The number of benzene rings is 3. The molecule has 5 heteroatoms. The molecule has 1 aromatic heterocycles. The van der Waals surface area contributed by atoms with Gasteiger partial charge in [0.15, 0.2) is 0 Å². The summed E-state index contributed by atoms with van der Waals surface area (Å²) in [5, 5.41) is 4.30. The van der Waals surface area contributed by atoms with Crippen LogP contribution in [-0.2, 0) is 6.42 Å². The maximum atomic E-state index is 5.81. The lowest BCUT2D eigenvalue weighted by Crippen LogP contribution is -2.29. The zero-order chi connectivity index (χ0) is 20.3. The minimum atomic E-state index is 0.136. The van der Waals surface area contributed by atoms with E-state index in [9.17, 15) is 0 Å². The van der Waals surface area contributed by atoms with Gasteiger partial charge in [-0.3, -0.25) is 4.90 Å². The average molecular weight is 397 g/mol. The molecule has 1 atom stereocenters.